The first kappa shape index (κ1) is 11.5. The highest BCUT2D eigenvalue weighted by Crippen LogP contribution is 2.43. The van der Waals surface area contributed by atoms with Crippen LogP contribution in [-0.4, -0.2) is 30.1 Å². The van der Waals surface area contributed by atoms with Crippen LogP contribution in [0.2, 0.25) is 0 Å². The van der Waals surface area contributed by atoms with Crippen LogP contribution in [0, 0.1) is 6.92 Å². The molecule has 4 nitrogen and oxygen atoms in total. The number of carbonyl (C=O) groups is 1. The first-order valence-electron chi connectivity index (χ1n) is 6.50. The summed E-state index contributed by atoms with van der Waals surface area (Å²) < 4.78 is 0. The molecule has 2 atom stereocenters. The Bertz CT molecular complexity index is 466. The lowest BCUT2D eigenvalue weighted by Crippen LogP contribution is -2.61. The predicted molar refractivity (Wildman–Crippen MR) is 70.2 cm³/mol. The van der Waals surface area contributed by atoms with Gasteiger partial charge in [0.05, 0.1) is 5.54 Å². The van der Waals surface area contributed by atoms with E-state index in [1.54, 1.807) is 0 Å². The van der Waals surface area contributed by atoms with Crippen molar-refractivity contribution in [1.82, 2.24) is 10.2 Å². The Kier molecular flexibility index (Phi) is 2.55. The summed E-state index contributed by atoms with van der Waals surface area (Å²) in [6.45, 7) is 3.73. The van der Waals surface area contributed by atoms with Gasteiger partial charge < -0.3 is 16.0 Å². The number of primary amides is 1. The maximum absolute atomic E-state index is 11.8. The highest BCUT2D eigenvalue weighted by atomic mass is 16.2. The molecular weight excluding hydrogens is 226 g/mol. The largest absolute Gasteiger partial charge is 0.351 e. The molecule has 0 radical (unpaired) electrons. The summed E-state index contributed by atoms with van der Waals surface area (Å²) in [6.07, 6.45) is 2.03. The smallest absolute Gasteiger partial charge is 0.315 e. The maximum Gasteiger partial charge on any atom is 0.315 e. The quantitative estimate of drug-likeness (QED) is 0.784. The minimum absolute atomic E-state index is 0.234. The first-order chi connectivity index (χ1) is 8.63. The number of hydrogen-bond acceptors (Lipinski definition) is 2. The van der Waals surface area contributed by atoms with E-state index in [9.17, 15) is 4.79 Å². The van der Waals surface area contributed by atoms with Crippen LogP contribution in [0.4, 0.5) is 4.79 Å². The molecule has 3 N–H and O–H groups in total. The third-order valence-electron chi connectivity index (χ3n) is 4.34. The lowest BCUT2D eigenvalue weighted by atomic mass is 9.86. The van der Waals surface area contributed by atoms with Gasteiger partial charge in [-0.15, -0.1) is 0 Å². The van der Waals surface area contributed by atoms with Crippen molar-refractivity contribution in [3.63, 3.8) is 0 Å². The molecule has 2 heterocycles. The standard InChI is InChI=1S/C14H19N3O/c1-10-2-4-11(5-3-10)14-7-6-12(8-16-9-14)17(14)13(15)18/h2-5,12,16H,6-9H2,1H3,(H2,15,18). The van der Waals surface area contributed by atoms with Gasteiger partial charge in [-0.3, -0.25) is 0 Å². The number of piperazine rings is 1. The second-order valence-electron chi connectivity index (χ2n) is 5.43. The summed E-state index contributed by atoms with van der Waals surface area (Å²) in [5, 5.41) is 3.44. The zero-order valence-electron chi connectivity index (χ0n) is 10.6. The topological polar surface area (TPSA) is 58.4 Å². The van der Waals surface area contributed by atoms with Gasteiger partial charge in [-0.2, -0.15) is 0 Å². The Morgan fingerprint density at radius 1 is 1.44 bits per heavy atom. The van der Waals surface area contributed by atoms with Crippen LogP contribution in [0.25, 0.3) is 0 Å². The van der Waals surface area contributed by atoms with Crippen LogP contribution in [0.1, 0.15) is 24.0 Å². The minimum Gasteiger partial charge on any atom is -0.351 e. The van der Waals surface area contributed by atoms with E-state index in [-0.39, 0.29) is 17.6 Å². The van der Waals surface area contributed by atoms with Gasteiger partial charge in [0.2, 0.25) is 0 Å². The van der Waals surface area contributed by atoms with E-state index < -0.39 is 0 Å². The number of amides is 2. The number of carbonyl (C=O) groups excluding carboxylic acids is 1. The van der Waals surface area contributed by atoms with Gasteiger partial charge in [0.1, 0.15) is 0 Å². The molecule has 0 aliphatic carbocycles. The number of nitrogens with zero attached hydrogens (tertiary/aromatic N) is 1. The van der Waals surface area contributed by atoms with Gasteiger partial charge >= 0.3 is 6.03 Å². The van der Waals surface area contributed by atoms with Crippen molar-refractivity contribution in [3.8, 4) is 0 Å². The van der Waals surface area contributed by atoms with Crippen LogP contribution in [0.15, 0.2) is 24.3 Å². The minimum atomic E-state index is -0.292. The number of benzene rings is 1. The van der Waals surface area contributed by atoms with Crippen LogP contribution < -0.4 is 11.1 Å². The highest BCUT2D eigenvalue weighted by molar-refractivity contribution is 5.74. The summed E-state index contributed by atoms with van der Waals surface area (Å²) in [7, 11) is 0. The van der Waals surface area contributed by atoms with E-state index in [4.69, 9.17) is 5.73 Å². The van der Waals surface area contributed by atoms with Crippen molar-refractivity contribution in [1.29, 1.82) is 0 Å². The molecule has 0 saturated carbocycles. The Morgan fingerprint density at radius 2 is 2.17 bits per heavy atom. The third kappa shape index (κ3) is 1.52. The van der Waals surface area contributed by atoms with Crippen molar-refractivity contribution < 1.29 is 4.79 Å². The molecule has 0 spiro atoms. The van der Waals surface area contributed by atoms with E-state index in [1.807, 2.05) is 4.90 Å². The Morgan fingerprint density at radius 3 is 2.83 bits per heavy atom. The number of rotatable bonds is 1. The Labute approximate surface area is 107 Å². The van der Waals surface area contributed by atoms with Crippen LogP contribution >= 0.6 is 0 Å². The fraction of sp³-hybridized carbons (Fsp3) is 0.500. The first-order valence-corrected chi connectivity index (χ1v) is 6.50. The summed E-state index contributed by atoms with van der Waals surface area (Å²) >= 11 is 0. The average molecular weight is 245 g/mol. The van der Waals surface area contributed by atoms with E-state index in [0.717, 1.165) is 25.9 Å². The molecular formula is C14H19N3O. The second kappa shape index (κ2) is 3.99. The number of nitrogens with one attached hydrogen (secondary N) is 1. The lowest BCUT2D eigenvalue weighted by molar-refractivity contribution is 0.0996. The van der Waals surface area contributed by atoms with E-state index in [0.29, 0.717) is 0 Å². The third-order valence-corrected chi connectivity index (χ3v) is 4.34. The Balaban J connectivity index is 2.05. The number of fused-ring (bicyclic) bond motifs is 2. The highest BCUT2D eigenvalue weighted by Gasteiger charge is 2.51. The molecule has 2 aliphatic rings. The van der Waals surface area contributed by atoms with Gasteiger partial charge in [0.25, 0.3) is 0 Å². The van der Waals surface area contributed by atoms with Gasteiger partial charge in [0, 0.05) is 19.1 Å². The SMILES string of the molecule is Cc1ccc(C23CCC(CNC2)N3C(N)=O)cc1. The summed E-state index contributed by atoms with van der Waals surface area (Å²) in [4.78, 5) is 13.7. The molecule has 2 amide bonds. The predicted octanol–water partition coefficient (Wildman–Crippen LogP) is 1.34. The molecule has 2 saturated heterocycles. The lowest BCUT2D eigenvalue weighted by Gasteiger charge is -2.44. The van der Waals surface area contributed by atoms with Crippen molar-refractivity contribution >= 4 is 6.03 Å². The fourth-order valence-corrected chi connectivity index (χ4v) is 3.46. The summed E-state index contributed by atoms with van der Waals surface area (Å²) in [5.74, 6) is 0. The maximum atomic E-state index is 11.8. The van der Waals surface area contributed by atoms with E-state index in [1.165, 1.54) is 11.1 Å². The molecule has 2 aliphatic heterocycles. The van der Waals surface area contributed by atoms with Crippen molar-refractivity contribution in [2.24, 2.45) is 5.73 Å². The Hall–Kier alpha value is -1.55. The molecule has 2 unspecified atom stereocenters. The van der Waals surface area contributed by atoms with Gasteiger partial charge in [-0.1, -0.05) is 29.8 Å². The van der Waals surface area contributed by atoms with E-state index in [2.05, 4.69) is 36.5 Å². The number of hydrogen-bond donors (Lipinski definition) is 2. The molecule has 4 heteroatoms. The molecule has 2 bridgehead atoms. The zero-order chi connectivity index (χ0) is 12.8. The molecule has 3 rings (SSSR count). The monoisotopic (exact) mass is 245 g/mol. The molecule has 0 aromatic heterocycles. The number of aryl methyl sites for hydroxylation is 1. The van der Waals surface area contributed by atoms with Crippen LogP contribution in [0.5, 0.6) is 0 Å². The fourth-order valence-electron chi connectivity index (χ4n) is 3.46. The van der Waals surface area contributed by atoms with Crippen molar-refractivity contribution in [2.75, 3.05) is 13.1 Å². The molecule has 1 aromatic carbocycles. The molecule has 2 fully saturated rings. The van der Waals surface area contributed by atoms with Crippen LogP contribution in [-0.2, 0) is 5.54 Å². The molecule has 96 valence electrons. The zero-order valence-corrected chi connectivity index (χ0v) is 10.6. The normalized spacial score (nSPS) is 30.5. The number of urea groups is 1. The van der Waals surface area contributed by atoms with Crippen LogP contribution in [0.3, 0.4) is 0 Å². The van der Waals surface area contributed by atoms with Gasteiger partial charge in [-0.05, 0) is 25.3 Å². The summed E-state index contributed by atoms with van der Waals surface area (Å²) in [6, 6.07) is 8.41. The van der Waals surface area contributed by atoms with Crippen molar-refractivity contribution in [2.45, 2.75) is 31.3 Å². The van der Waals surface area contributed by atoms with Gasteiger partial charge in [-0.25, -0.2) is 4.79 Å². The average Bonchev–Trinajstić information content (AvgIpc) is 2.59. The molecule has 18 heavy (non-hydrogen) atoms. The second-order valence-corrected chi connectivity index (χ2v) is 5.43. The number of nitrogens with two attached hydrogens (primary N) is 1. The van der Waals surface area contributed by atoms with Gasteiger partial charge in [0.15, 0.2) is 0 Å². The van der Waals surface area contributed by atoms with E-state index >= 15 is 0 Å². The molecule has 1 aromatic rings. The summed E-state index contributed by atoms with van der Waals surface area (Å²) in [5.41, 5.74) is 7.80. The van der Waals surface area contributed by atoms with Crippen molar-refractivity contribution in [3.05, 3.63) is 35.4 Å².